The van der Waals surface area contributed by atoms with Gasteiger partial charge in [0, 0.05) is 51.7 Å². The summed E-state index contributed by atoms with van der Waals surface area (Å²) in [5.74, 6) is 2.52. The Kier molecular flexibility index (Phi) is 5.92. The Labute approximate surface area is 289 Å². The van der Waals surface area contributed by atoms with E-state index in [1.807, 2.05) is 0 Å². The predicted molar refractivity (Wildman–Crippen MR) is 203 cm³/mol. The molecule has 0 radical (unpaired) electrons. The van der Waals surface area contributed by atoms with Crippen LogP contribution in [-0.2, 0) is 11.0 Å². The lowest BCUT2D eigenvalue weighted by molar-refractivity contribution is 0.163. The number of fused-ring (bicyclic) bond motifs is 15. The second kappa shape index (κ2) is 10.3. The number of rotatable bonds is 3. The van der Waals surface area contributed by atoms with Gasteiger partial charge in [0.1, 0.15) is 5.75 Å². The largest absolute Gasteiger partial charge is 0.472 e. The molecule has 2 heteroatoms. The van der Waals surface area contributed by atoms with Crippen LogP contribution in [0.4, 0.5) is 5.69 Å². The summed E-state index contributed by atoms with van der Waals surface area (Å²) in [5.41, 5.74) is 10.3. The van der Waals surface area contributed by atoms with Crippen LogP contribution in [-0.4, -0.2) is 13.1 Å². The lowest BCUT2D eigenvalue weighted by atomic mass is 9.65. The highest BCUT2D eigenvalue weighted by Gasteiger charge is 2.58. The maximum atomic E-state index is 7.75. The van der Waals surface area contributed by atoms with Crippen molar-refractivity contribution in [2.75, 3.05) is 18.0 Å². The van der Waals surface area contributed by atoms with Crippen LogP contribution in [0.15, 0.2) is 121 Å². The zero-order valence-corrected chi connectivity index (χ0v) is 28.0. The minimum Gasteiger partial charge on any atom is -0.472 e. The van der Waals surface area contributed by atoms with Crippen LogP contribution >= 0.6 is 0 Å². The minimum atomic E-state index is -0.741. The van der Waals surface area contributed by atoms with Gasteiger partial charge in [-0.15, -0.1) is 0 Å². The molecule has 0 N–H and O–H groups in total. The van der Waals surface area contributed by atoms with Crippen molar-refractivity contribution < 1.29 is 4.74 Å². The standard InChI is InChI=1S/C47H41NO/c1-3-12-33(13-4-1)47(34-20-22-36(23-21-34)48-27-9-2-10-28-48)26-25-40-44-43(42-37-14-6-5-11-32(37)18-24-39(42)45(40)49-47)38-15-7-8-16-41(38)46(44)30-31-17-19-35(46)29-31/h1,3-8,11-16,18,20-26,31,35H,2,9-10,17,19,27-30H2. The van der Waals surface area contributed by atoms with Gasteiger partial charge >= 0.3 is 0 Å². The van der Waals surface area contributed by atoms with Crippen LogP contribution in [0.5, 0.6) is 5.75 Å². The van der Waals surface area contributed by atoms with Gasteiger partial charge in [0.15, 0.2) is 5.60 Å². The molecule has 0 aromatic heterocycles. The molecule has 2 aliphatic heterocycles. The SMILES string of the molecule is C1=CC(c2ccccc2)(c2ccc(N3CCCCC3)cc2)Oc2c1c1c(c3c2ccc2ccccc23)-c2ccccc2C12CC1CCC2C1. The number of anilines is 1. The number of hydrogen-bond acceptors (Lipinski definition) is 2. The highest BCUT2D eigenvalue weighted by Crippen LogP contribution is 2.69. The van der Waals surface area contributed by atoms with Crippen molar-refractivity contribution in [2.24, 2.45) is 11.8 Å². The first-order valence-electron chi connectivity index (χ1n) is 18.7. The van der Waals surface area contributed by atoms with E-state index in [1.165, 1.54) is 100.0 Å². The van der Waals surface area contributed by atoms with Gasteiger partial charge in [0.05, 0.1) is 0 Å². The summed E-state index contributed by atoms with van der Waals surface area (Å²) in [7, 11) is 0. The van der Waals surface area contributed by atoms with Crippen LogP contribution in [0.25, 0.3) is 38.7 Å². The van der Waals surface area contributed by atoms with E-state index >= 15 is 0 Å². The smallest absolute Gasteiger partial charge is 0.178 e. The number of nitrogens with zero attached hydrogens (tertiary/aromatic N) is 1. The molecule has 3 aliphatic carbocycles. The number of ether oxygens (including phenoxy) is 1. The molecular formula is C47H41NO. The van der Waals surface area contributed by atoms with Crippen molar-refractivity contribution in [3.8, 4) is 16.9 Å². The van der Waals surface area contributed by atoms with Gasteiger partial charge in [-0.3, -0.25) is 0 Å². The van der Waals surface area contributed by atoms with Crippen molar-refractivity contribution in [1.29, 1.82) is 0 Å². The van der Waals surface area contributed by atoms with Gasteiger partial charge in [-0.2, -0.15) is 0 Å². The number of benzene rings is 6. The highest BCUT2D eigenvalue weighted by atomic mass is 16.5. The summed E-state index contributed by atoms with van der Waals surface area (Å²) in [6, 6.07) is 43.3. The Bertz CT molecular complexity index is 2310. The number of piperidine rings is 1. The van der Waals surface area contributed by atoms with Crippen molar-refractivity contribution in [3.63, 3.8) is 0 Å². The fourth-order valence-corrected chi connectivity index (χ4v) is 11.1. The third kappa shape index (κ3) is 3.78. The molecule has 4 unspecified atom stereocenters. The van der Waals surface area contributed by atoms with Gasteiger partial charge in [0.2, 0.25) is 0 Å². The van der Waals surface area contributed by atoms with E-state index in [0.717, 1.165) is 30.3 Å². The Morgan fingerprint density at radius 2 is 1.45 bits per heavy atom. The first-order valence-corrected chi connectivity index (χ1v) is 18.7. The summed E-state index contributed by atoms with van der Waals surface area (Å²) in [6.45, 7) is 2.29. The molecule has 3 fully saturated rings. The van der Waals surface area contributed by atoms with Crippen molar-refractivity contribution in [2.45, 2.75) is 56.0 Å². The Balaban J connectivity index is 1.20. The lowest BCUT2D eigenvalue weighted by Crippen LogP contribution is -2.36. The fraction of sp³-hybridized carbons (Fsp3) is 0.277. The monoisotopic (exact) mass is 635 g/mol. The van der Waals surface area contributed by atoms with Gasteiger partial charge in [-0.1, -0.05) is 110 Å². The maximum Gasteiger partial charge on any atom is 0.178 e. The fourth-order valence-electron chi connectivity index (χ4n) is 11.1. The van der Waals surface area contributed by atoms with Crippen molar-refractivity contribution in [1.82, 2.24) is 0 Å². The zero-order valence-electron chi connectivity index (χ0n) is 28.0. The summed E-state index contributed by atoms with van der Waals surface area (Å²) in [5, 5.41) is 5.19. The Hall–Kier alpha value is -4.82. The van der Waals surface area contributed by atoms with E-state index in [-0.39, 0.29) is 5.41 Å². The van der Waals surface area contributed by atoms with Gasteiger partial charge in [0.25, 0.3) is 0 Å². The molecule has 49 heavy (non-hydrogen) atoms. The van der Waals surface area contributed by atoms with Crippen LogP contribution in [0.3, 0.4) is 0 Å². The van der Waals surface area contributed by atoms with Crippen LogP contribution in [0.1, 0.15) is 72.8 Å². The third-order valence-electron chi connectivity index (χ3n) is 13.1. The second-order valence-electron chi connectivity index (χ2n) is 15.4. The molecule has 240 valence electrons. The normalized spacial score (nSPS) is 26.2. The molecule has 6 aromatic rings. The molecule has 5 aliphatic rings. The van der Waals surface area contributed by atoms with E-state index in [9.17, 15) is 0 Å². The van der Waals surface area contributed by atoms with E-state index in [4.69, 9.17) is 4.74 Å². The predicted octanol–water partition coefficient (Wildman–Crippen LogP) is 11.4. The van der Waals surface area contributed by atoms with Crippen molar-refractivity contribution in [3.05, 3.63) is 149 Å². The average molecular weight is 636 g/mol. The molecule has 2 heterocycles. The van der Waals surface area contributed by atoms with E-state index < -0.39 is 5.60 Å². The van der Waals surface area contributed by atoms with Crippen molar-refractivity contribution >= 4 is 33.3 Å². The van der Waals surface area contributed by atoms with Gasteiger partial charge < -0.3 is 9.64 Å². The average Bonchev–Trinajstić information content (AvgIpc) is 3.88. The summed E-state index contributed by atoms with van der Waals surface area (Å²) in [6.07, 6.45) is 14.0. The highest BCUT2D eigenvalue weighted by molar-refractivity contribution is 6.20. The topological polar surface area (TPSA) is 12.5 Å². The van der Waals surface area contributed by atoms with Crippen LogP contribution in [0.2, 0.25) is 0 Å². The second-order valence-corrected chi connectivity index (χ2v) is 15.4. The van der Waals surface area contributed by atoms with E-state index in [0.29, 0.717) is 5.92 Å². The first-order chi connectivity index (χ1) is 24.2. The van der Waals surface area contributed by atoms with Crippen LogP contribution < -0.4 is 9.64 Å². The molecule has 6 aromatic carbocycles. The van der Waals surface area contributed by atoms with Gasteiger partial charge in [-0.25, -0.2) is 0 Å². The summed E-state index contributed by atoms with van der Waals surface area (Å²) in [4.78, 5) is 2.55. The molecule has 1 spiro atoms. The quantitative estimate of drug-likeness (QED) is 0.179. The summed E-state index contributed by atoms with van der Waals surface area (Å²) >= 11 is 0. The molecule has 11 rings (SSSR count). The molecular weight excluding hydrogens is 595 g/mol. The molecule has 2 bridgehead atoms. The van der Waals surface area contributed by atoms with E-state index in [1.54, 1.807) is 5.56 Å². The molecule has 0 amide bonds. The molecule has 2 saturated carbocycles. The maximum absolute atomic E-state index is 7.75. The zero-order chi connectivity index (χ0) is 32.2. The Morgan fingerprint density at radius 1 is 0.673 bits per heavy atom. The molecule has 1 saturated heterocycles. The third-order valence-corrected chi connectivity index (χ3v) is 13.1. The lowest BCUT2D eigenvalue weighted by Gasteiger charge is -2.41. The number of hydrogen-bond donors (Lipinski definition) is 0. The minimum absolute atomic E-state index is 0.0423. The first kappa shape index (κ1) is 28.1. The van der Waals surface area contributed by atoms with Crippen LogP contribution in [0, 0.1) is 11.8 Å². The Morgan fingerprint density at radius 3 is 2.27 bits per heavy atom. The summed E-state index contributed by atoms with van der Waals surface area (Å²) < 4.78 is 7.75. The molecule has 4 atom stereocenters. The molecule has 2 nitrogen and oxygen atoms in total. The van der Waals surface area contributed by atoms with Gasteiger partial charge in [-0.05, 0) is 108 Å². The van der Waals surface area contributed by atoms with E-state index in [2.05, 4.69) is 132 Å².